The van der Waals surface area contributed by atoms with E-state index in [4.69, 9.17) is 0 Å². The average molecular weight is 211 g/mol. The third kappa shape index (κ3) is 1.61. The number of para-hydroxylation sites is 2. The molecule has 16 heavy (non-hydrogen) atoms. The molecule has 0 fully saturated rings. The van der Waals surface area contributed by atoms with Crippen LogP contribution in [0.1, 0.15) is 11.7 Å². The van der Waals surface area contributed by atoms with Gasteiger partial charge in [-0.25, -0.2) is 5.43 Å². The number of benzene rings is 2. The first kappa shape index (κ1) is 9.24. The summed E-state index contributed by atoms with van der Waals surface area (Å²) in [4.78, 5) is 0. The fourth-order valence-electron chi connectivity index (χ4n) is 1.91. The lowest BCUT2D eigenvalue weighted by Gasteiger charge is -2.14. The molecule has 2 aromatic rings. The summed E-state index contributed by atoms with van der Waals surface area (Å²) in [7, 11) is 0. The third-order valence-electron chi connectivity index (χ3n) is 2.71. The van der Waals surface area contributed by atoms with Crippen molar-refractivity contribution in [3.05, 3.63) is 60.2 Å². The molecule has 0 amide bonds. The van der Waals surface area contributed by atoms with Crippen LogP contribution in [0.2, 0.25) is 0 Å². The van der Waals surface area contributed by atoms with Gasteiger partial charge in [0.15, 0.2) is 0 Å². The second kappa shape index (κ2) is 3.87. The second-order valence-corrected chi connectivity index (χ2v) is 3.80. The average Bonchev–Trinajstić information content (AvgIpc) is 2.74. The standard InChI is InChI=1S/C13H13N3/c1-2-6-10(7-3-1)14-13-11-8-4-5-9-12(11)15-16-13/h1-9,13-16H. The number of rotatable bonds is 2. The Labute approximate surface area is 94.5 Å². The zero-order chi connectivity index (χ0) is 10.8. The Morgan fingerprint density at radius 1 is 0.875 bits per heavy atom. The minimum Gasteiger partial charge on any atom is -0.365 e. The Bertz CT molecular complexity index is 482. The summed E-state index contributed by atoms with van der Waals surface area (Å²) in [5.41, 5.74) is 9.85. The Kier molecular flexibility index (Phi) is 2.23. The summed E-state index contributed by atoms with van der Waals surface area (Å²) in [6.45, 7) is 0. The molecule has 0 spiro atoms. The quantitative estimate of drug-likeness (QED) is 0.714. The van der Waals surface area contributed by atoms with E-state index in [0.717, 1.165) is 11.4 Å². The number of anilines is 2. The highest BCUT2D eigenvalue weighted by molar-refractivity contribution is 5.58. The molecule has 3 rings (SSSR count). The first-order valence-electron chi connectivity index (χ1n) is 5.35. The molecule has 0 bridgehead atoms. The molecule has 2 aromatic carbocycles. The summed E-state index contributed by atoms with van der Waals surface area (Å²) in [6.07, 6.45) is 0.124. The van der Waals surface area contributed by atoms with Gasteiger partial charge in [-0.1, -0.05) is 36.4 Å². The van der Waals surface area contributed by atoms with Gasteiger partial charge in [0.1, 0.15) is 6.17 Å². The largest absolute Gasteiger partial charge is 0.365 e. The van der Waals surface area contributed by atoms with Crippen LogP contribution in [-0.2, 0) is 0 Å². The predicted molar refractivity (Wildman–Crippen MR) is 66.0 cm³/mol. The fourth-order valence-corrected chi connectivity index (χ4v) is 1.91. The number of hydrogen-bond donors (Lipinski definition) is 3. The molecule has 0 saturated heterocycles. The van der Waals surface area contributed by atoms with Gasteiger partial charge in [-0.2, -0.15) is 0 Å². The third-order valence-corrected chi connectivity index (χ3v) is 2.71. The van der Waals surface area contributed by atoms with E-state index in [1.54, 1.807) is 0 Å². The first-order chi connectivity index (χ1) is 7.93. The molecule has 1 aliphatic rings. The molecule has 3 N–H and O–H groups in total. The van der Waals surface area contributed by atoms with Crippen molar-refractivity contribution in [3.63, 3.8) is 0 Å². The monoisotopic (exact) mass is 211 g/mol. The molecule has 1 unspecified atom stereocenters. The van der Waals surface area contributed by atoms with Crippen LogP contribution in [0.25, 0.3) is 0 Å². The lowest BCUT2D eigenvalue weighted by molar-refractivity contribution is 0.703. The van der Waals surface area contributed by atoms with Crippen molar-refractivity contribution in [2.75, 3.05) is 10.7 Å². The summed E-state index contributed by atoms with van der Waals surface area (Å²) < 4.78 is 0. The molecule has 3 nitrogen and oxygen atoms in total. The number of hydrogen-bond acceptors (Lipinski definition) is 3. The van der Waals surface area contributed by atoms with Crippen LogP contribution in [0, 0.1) is 0 Å². The van der Waals surface area contributed by atoms with Gasteiger partial charge in [-0.3, -0.25) is 0 Å². The van der Waals surface area contributed by atoms with E-state index in [2.05, 4.69) is 40.4 Å². The zero-order valence-electron chi connectivity index (χ0n) is 8.77. The van der Waals surface area contributed by atoms with Crippen molar-refractivity contribution in [1.82, 2.24) is 5.43 Å². The Hall–Kier alpha value is -2.00. The highest BCUT2D eigenvalue weighted by atomic mass is 15.4. The van der Waals surface area contributed by atoms with E-state index >= 15 is 0 Å². The minimum absolute atomic E-state index is 0.124. The van der Waals surface area contributed by atoms with E-state index in [1.807, 2.05) is 30.3 Å². The van der Waals surface area contributed by atoms with Crippen molar-refractivity contribution >= 4 is 11.4 Å². The van der Waals surface area contributed by atoms with Gasteiger partial charge in [0.25, 0.3) is 0 Å². The summed E-state index contributed by atoms with van der Waals surface area (Å²) >= 11 is 0. The lowest BCUT2D eigenvalue weighted by atomic mass is 10.1. The number of nitrogens with one attached hydrogen (secondary N) is 3. The summed E-state index contributed by atoms with van der Waals surface area (Å²) in [6, 6.07) is 18.4. The number of fused-ring (bicyclic) bond motifs is 1. The van der Waals surface area contributed by atoms with Gasteiger partial charge in [0.05, 0.1) is 5.69 Å². The molecular weight excluding hydrogens is 198 g/mol. The lowest BCUT2D eigenvalue weighted by Crippen LogP contribution is -2.25. The van der Waals surface area contributed by atoms with Gasteiger partial charge in [-0.05, 0) is 18.2 Å². The van der Waals surface area contributed by atoms with Crippen molar-refractivity contribution in [3.8, 4) is 0 Å². The van der Waals surface area contributed by atoms with Crippen LogP contribution in [0.5, 0.6) is 0 Å². The zero-order valence-corrected chi connectivity index (χ0v) is 8.77. The molecule has 1 aliphatic heterocycles. The fraction of sp³-hybridized carbons (Fsp3) is 0.0769. The highest BCUT2D eigenvalue weighted by Gasteiger charge is 2.20. The molecular formula is C13H13N3. The van der Waals surface area contributed by atoms with Gasteiger partial charge in [0, 0.05) is 11.3 Å². The van der Waals surface area contributed by atoms with Crippen LogP contribution < -0.4 is 16.2 Å². The Balaban J connectivity index is 1.84. The van der Waals surface area contributed by atoms with E-state index in [1.165, 1.54) is 5.56 Å². The first-order valence-corrected chi connectivity index (χ1v) is 5.35. The van der Waals surface area contributed by atoms with Crippen molar-refractivity contribution in [2.45, 2.75) is 6.17 Å². The molecule has 0 radical (unpaired) electrons. The van der Waals surface area contributed by atoms with E-state index in [0.29, 0.717) is 0 Å². The molecule has 0 saturated carbocycles. The Morgan fingerprint density at radius 2 is 1.62 bits per heavy atom. The van der Waals surface area contributed by atoms with Gasteiger partial charge in [-0.15, -0.1) is 0 Å². The van der Waals surface area contributed by atoms with E-state index in [-0.39, 0.29) is 6.17 Å². The maximum absolute atomic E-state index is 3.42. The molecule has 1 atom stereocenters. The van der Waals surface area contributed by atoms with Crippen molar-refractivity contribution in [1.29, 1.82) is 0 Å². The van der Waals surface area contributed by atoms with Crippen LogP contribution in [0.3, 0.4) is 0 Å². The maximum Gasteiger partial charge on any atom is 0.122 e. The van der Waals surface area contributed by atoms with Gasteiger partial charge < -0.3 is 10.7 Å². The molecule has 3 heteroatoms. The van der Waals surface area contributed by atoms with Gasteiger partial charge >= 0.3 is 0 Å². The Morgan fingerprint density at radius 3 is 2.50 bits per heavy atom. The smallest absolute Gasteiger partial charge is 0.122 e. The summed E-state index contributed by atoms with van der Waals surface area (Å²) in [5.74, 6) is 0. The second-order valence-electron chi connectivity index (χ2n) is 3.80. The van der Waals surface area contributed by atoms with E-state index in [9.17, 15) is 0 Å². The maximum atomic E-state index is 3.42. The van der Waals surface area contributed by atoms with E-state index < -0.39 is 0 Å². The van der Waals surface area contributed by atoms with Crippen LogP contribution in [0.4, 0.5) is 11.4 Å². The SMILES string of the molecule is c1ccc(NC2NNc3ccccc32)cc1. The van der Waals surface area contributed by atoms with Gasteiger partial charge in [0.2, 0.25) is 0 Å². The molecule has 0 aromatic heterocycles. The van der Waals surface area contributed by atoms with Crippen LogP contribution in [-0.4, -0.2) is 0 Å². The van der Waals surface area contributed by atoms with Crippen LogP contribution >= 0.6 is 0 Å². The van der Waals surface area contributed by atoms with Crippen molar-refractivity contribution in [2.24, 2.45) is 0 Å². The van der Waals surface area contributed by atoms with Crippen molar-refractivity contribution < 1.29 is 0 Å². The van der Waals surface area contributed by atoms with Crippen LogP contribution in [0.15, 0.2) is 54.6 Å². The summed E-state index contributed by atoms with van der Waals surface area (Å²) in [5, 5.41) is 3.42. The molecule has 80 valence electrons. The highest BCUT2D eigenvalue weighted by Crippen LogP contribution is 2.28. The number of hydrazine groups is 1. The molecule has 0 aliphatic carbocycles. The topological polar surface area (TPSA) is 36.1 Å². The normalized spacial score (nSPS) is 17.6. The minimum atomic E-state index is 0.124. The predicted octanol–water partition coefficient (Wildman–Crippen LogP) is 2.73. The molecule has 1 heterocycles.